The molecule has 2 aromatic rings. The first-order chi connectivity index (χ1) is 12.2. The molecule has 0 saturated carbocycles. The summed E-state index contributed by atoms with van der Waals surface area (Å²) < 4.78 is 14.8. The maximum absolute atomic E-state index is 14.8. The van der Waals surface area contributed by atoms with Crippen molar-refractivity contribution in [3.8, 4) is 0 Å². The van der Waals surface area contributed by atoms with Crippen molar-refractivity contribution in [3.05, 3.63) is 53.0 Å². The van der Waals surface area contributed by atoms with Crippen molar-refractivity contribution in [2.24, 2.45) is 0 Å². The molecular formula is C19H23Cl2FN4O. The highest BCUT2D eigenvalue weighted by Gasteiger charge is 2.22. The predicted octanol–water partition coefficient (Wildman–Crippen LogP) is 3.56. The maximum Gasteiger partial charge on any atom is 0.259 e. The number of nitrogens with one attached hydrogen (secondary N) is 2. The fraction of sp³-hybridized carbons (Fsp3) is 0.368. The van der Waals surface area contributed by atoms with Crippen LogP contribution in [0.15, 0.2) is 30.5 Å². The number of carbonyl (C=O) groups excluding carboxylic acids is 1. The molecule has 1 saturated heterocycles. The van der Waals surface area contributed by atoms with Gasteiger partial charge in [0.2, 0.25) is 0 Å². The van der Waals surface area contributed by atoms with Gasteiger partial charge < -0.3 is 15.5 Å². The third-order valence-electron chi connectivity index (χ3n) is 4.89. The summed E-state index contributed by atoms with van der Waals surface area (Å²) >= 11 is 0. The van der Waals surface area contributed by atoms with Gasteiger partial charge in [0.1, 0.15) is 11.6 Å². The number of hydrogen-bond acceptors (Lipinski definition) is 4. The third kappa shape index (κ3) is 4.34. The highest BCUT2D eigenvalue weighted by molar-refractivity contribution is 6.07. The Morgan fingerprint density at radius 3 is 2.74 bits per heavy atom. The predicted molar refractivity (Wildman–Crippen MR) is 110 cm³/mol. The van der Waals surface area contributed by atoms with E-state index in [9.17, 15) is 9.18 Å². The minimum Gasteiger partial charge on any atom is -0.356 e. The Bertz CT molecular complexity index is 812. The van der Waals surface area contributed by atoms with E-state index < -0.39 is 0 Å². The molecule has 0 radical (unpaired) electrons. The van der Waals surface area contributed by atoms with Crippen LogP contribution in [-0.4, -0.2) is 30.5 Å². The van der Waals surface area contributed by atoms with Crippen LogP contribution < -0.4 is 15.5 Å². The first-order valence-corrected chi connectivity index (χ1v) is 8.76. The number of amides is 1. The normalized spacial score (nSPS) is 15.4. The van der Waals surface area contributed by atoms with Gasteiger partial charge in [-0.1, -0.05) is 6.07 Å². The van der Waals surface area contributed by atoms with Gasteiger partial charge in [0, 0.05) is 25.8 Å². The highest BCUT2D eigenvalue weighted by Crippen LogP contribution is 2.27. The fourth-order valence-electron chi connectivity index (χ4n) is 3.57. The topological polar surface area (TPSA) is 57.3 Å². The van der Waals surface area contributed by atoms with E-state index in [0.29, 0.717) is 29.9 Å². The molecule has 1 fully saturated rings. The van der Waals surface area contributed by atoms with Crippen molar-refractivity contribution >= 4 is 42.2 Å². The van der Waals surface area contributed by atoms with Crippen molar-refractivity contribution in [1.29, 1.82) is 0 Å². The van der Waals surface area contributed by atoms with Gasteiger partial charge in [-0.15, -0.1) is 24.8 Å². The molecule has 2 aliphatic heterocycles. The van der Waals surface area contributed by atoms with Crippen molar-refractivity contribution in [2.45, 2.75) is 25.8 Å². The highest BCUT2D eigenvalue weighted by atomic mass is 35.5. The van der Waals surface area contributed by atoms with E-state index in [1.54, 1.807) is 24.4 Å². The second kappa shape index (κ2) is 9.35. The summed E-state index contributed by atoms with van der Waals surface area (Å²) in [6.45, 7) is 3.22. The number of nitrogens with zero attached hydrogens (tertiary/aromatic N) is 2. The molecule has 0 bridgehead atoms. The first-order valence-electron chi connectivity index (χ1n) is 8.76. The van der Waals surface area contributed by atoms with E-state index in [0.717, 1.165) is 38.0 Å². The molecule has 2 N–H and O–H groups in total. The maximum atomic E-state index is 14.8. The van der Waals surface area contributed by atoms with Gasteiger partial charge in [-0.2, -0.15) is 0 Å². The van der Waals surface area contributed by atoms with Crippen LogP contribution in [0.5, 0.6) is 0 Å². The molecule has 2 aliphatic rings. The smallest absolute Gasteiger partial charge is 0.259 e. The number of rotatable bonds is 3. The average molecular weight is 413 g/mol. The summed E-state index contributed by atoms with van der Waals surface area (Å²) in [5.41, 5.74) is 2.38. The van der Waals surface area contributed by atoms with Crippen LogP contribution in [0.3, 0.4) is 0 Å². The van der Waals surface area contributed by atoms with Gasteiger partial charge in [0.25, 0.3) is 5.91 Å². The van der Waals surface area contributed by atoms with Gasteiger partial charge in [0.05, 0.1) is 11.3 Å². The lowest BCUT2D eigenvalue weighted by Crippen LogP contribution is -2.26. The minimum absolute atomic E-state index is 0. The molecular weight excluding hydrogens is 390 g/mol. The molecule has 4 rings (SSSR count). The number of anilines is 2. The molecule has 0 unspecified atom stereocenters. The molecule has 0 spiro atoms. The molecule has 5 nitrogen and oxygen atoms in total. The zero-order chi connectivity index (χ0) is 17.2. The largest absolute Gasteiger partial charge is 0.356 e. The molecule has 146 valence electrons. The van der Waals surface area contributed by atoms with Gasteiger partial charge in [0.15, 0.2) is 0 Å². The van der Waals surface area contributed by atoms with E-state index in [2.05, 4.69) is 20.5 Å². The second-order valence-electron chi connectivity index (χ2n) is 6.51. The van der Waals surface area contributed by atoms with Crippen LogP contribution in [0.25, 0.3) is 0 Å². The lowest BCUT2D eigenvalue weighted by atomic mass is 9.99. The van der Waals surface area contributed by atoms with Gasteiger partial charge in [-0.3, -0.25) is 4.79 Å². The first kappa shape index (κ1) is 21.4. The summed E-state index contributed by atoms with van der Waals surface area (Å²) in [5.74, 6) is 0.0433. The zero-order valence-electron chi connectivity index (χ0n) is 14.8. The summed E-state index contributed by atoms with van der Waals surface area (Å²) in [6.07, 6.45) is 4.53. The summed E-state index contributed by atoms with van der Waals surface area (Å²) in [7, 11) is 0. The molecule has 1 aromatic heterocycles. The molecule has 27 heavy (non-hydrogen) atoms. The average Bonchev–Trinajstić information content (AvgIpc) is 3.19. The van der Waals surface area contributed by atoms with Crippen LogP contribution >= 0.6 is 24.8 Å². The van der Waals surface area contributed by atoms with Crippen molar-refractivity contribution in [3.63, 3.8) is 0 Å². The number of pyridine rings is 1. The van der Waals surface area contributed by atoms with E-state index in [1.807, 2.05) is 6.07 Å². The van der Waals surface area contributed by atoms with Gasteiger partial charge in [-0.25, -0.2) is 9.37 Å². The van der Waals surface area contributed by atoms with Crippen molar-refractivity contribution < 1.29 is 9.18 Å². The lowest BCUT2D eigenvalue weighted by Gasteiger charge is -2.21. The Hall–Kier alpha value is -1.89. The molecule has 8 heteroatoms. The molecule has 1 amide bonds. The summed E-state index contributed by atoms with van der Waals surface area (Å²) in [6, 6.07) is 7.01. The van der Waals surface area contributed by atoms with Crippen molar-refractivity contribution in [1.82, 2.24) is 10.3 Å². The SMILES string of the molecule is Cl.Cl.O=C(Nc1ccc2c(c1F)CCNC2)c1cccnc1N1CCCC1. The number of hydrogen-bond donors (Lipinski definition) is 2. The Balaban J connectivity index is 0.00000131. The zero-order valence-corrected chi connectivity index (χ0v) is 16.5. The molecule has 1 aromatic carbocycles. The Morgan fingerprint density at radius 1 is 1.19 bits per heavy atom. The van der Waals surface area contributed by atoms with Crippen molar-refractivity contribution in [2.75, 3.05) is 29.9 Å². The molecule has 0 aliphatic carbocycles. The number of fused-ring (bicyclic) bond motifs is 1. The number of aromatic nitrogens is 1. The van der Waals surface area contributed by atoms with Gasteiger partial charge >= 0.3 is 0 Å². The summed E-state index contributed by atoms with van der Waals surface area (Å²) in [4.78, 5) is 19.2. The molecule has 3 heterocycles. The summed E-state index contributed by atoms with van der Waals surface area (Å²) in [5, 5.41) is 5.96. The monoisotopic (exact) mass is 412 g/mol. The number of halogens is 3. The Labute approximate surface area is 170 Å². The van der Waals surface area contributed by atoms with Crippen LogP contribution in [0, 0.1) is 5.82 Å². The van der Waals surface area contributed by atoms with E-state index in [-0.39, 0.29) is 42.2 Å². The third-order valence-corrected chi connectivity index (χ3v) is 4.89. The second-order valence-corrected chi connectivity index (χ2v) is 6.51. The van der Waals surface area contributed by atoms with Crippen LogP contribution in [-0.2, 0) is 13.0 Å². The number of carbonyl (C=O) groups is 1. The standard InChI is InChI=1S/C19H21FN4O.2ClH/c20-17-14-7-9-21-12-13(14)5-6-16(17)23-19(25)15-4-3-8-22-18(15)24-10-1-2-11-24;;/h3-6,8,21H,1-2,7,9-12H2,(H,23,25);2*1H. The van der Waals surface area contributed by atoms with E-state index in [4.69, 9.17) is 0 Å². The van der Waals surface area contributed by atoms with Gasteiger partial charge in [-0.05, 0) is 55.1 Å². The molecule has 0 atom stereocenters. The Kier molecular flexibility index (Phi) is 7.41. The quantitative estimate of drug-likeness (QED) is 0.808. The van der Waals surface area contributed by atoms with Crippen LogP contribution in [0.4, 0.5) is 15.9 Å². The van der Waals surface area contributed by atoms with E-state index in [1.165, 1.54) is 0 Å². The number of benzene rings is 1. The fourth-order valence-corrected chi connectivity index (χ4v) is 3.57. The lowest BCUT2D eigenvalue weighted by molar-refractivity contribution is 0.102. The van der Waals surface area contributed by atoms with E-state index >= 15 is 0 Å². The van der Waals surface area contributed by atoms with Crippen LogP contribution in [0.2, 0.25) is 0 Å². The van der Waals surface area contributed by atoms with Crippen LogP contribution in [0.1, 0.15) is 34.3 Å². The Morgan fingerprint density at radius 2 is 1.96 bits per heavy atom. The minimum atomic E-state index is -0.320.